The lowest BCUT2D eigenvalue weighted by atomic mass is 10.1. The predicted octanol–water partition coefficient (Wildman–Crippen LogP) is 3.39. The van der Waals surface area contributed by atoms with Crippen LogP contribution in [0.5, 0.6) is 11.5 Å². The van der Waals surface area contributed by atoms with E-state index in [0.29, 0.717) is 29.8 Å². The fourth-order valence-electron chi connectivity index (χ4n) is 3.51. The molecule has 2 aromatic carbocycles. The summed E-state index contributed by atoms with van der Waals surface area (Å²) >= 11 is 0. The summed E-state index contributed by atoms with van der Waals surface area (Å²) in [5, 5.41) is 8.64. The van der Waals surface area contributed by atoms with Gasteiger partial charge in [-0.1, -0.05) is 5.16 Å². The molecule has 12 heteroatoms. The van der Waals surface area contributed by atoms with E-state index < -0.39 is 10.0 Å². The van der Waals surface area contributed by atoms with Crippen LogP contribution in [0.25, 0.3) is 11.0 Å². The number of aromatic nitrogens is 3. The van der Waals surface area contributed by atoms with E-state index in [1.165, 1.54) is 14.2 Å². The van der Waals surface area contributed by atoms with Crippen LogP contribution in [0.4, 0.5) is 5.82 Å². The van der Waals surface area contributed by atoms with Crippen LogP contribution in [-0.2, 0) is 23.1 Å². The van der Waals surface area contributed by atoms with E-state index in [1.54, 1.807) is 35.1 Å². The number of sulfonamides is 1. The van der Waals surface area contributed by atoms with Gasteiger partial charge in [0.1, 0.15) is 21.8 Å². The summed E-state index contributed by atoms with van der Waals surface area (Å²) in [6.07, 6.45) is 3.56. The summed E-state index contributed by atoms with van der Waals surface area (Å²) in [4.78, 5) is 0.00854. The zero-order valence-corrected chi connectivity index (χ0v) is 20.8. The average molecular weight is 508 g/mol. The predicted molar refractivity (Wildman–Crippen MR) is 130 cm³/mol. The first-order valence-corrected chi connectivity index (χ1v) is 11.6. The van der Waals surface area contributed by atoms with E-state index in [-0.39, 0.29) is 28.9 Å². The third kappa shape index (κ3) is 4.81. The van der Waals surface area contributed by atoms with Gasteiger partial charge in [-0.05, 0) is 54.8 Å². The van der Waals surface area contributed by atoms with Crippen molar-refractivity contribution in [2.45, 2.75) is 31.8 Å². The first-order valence-electron chi connectivity index (χ1n) is 10.1. The highest BCUT2D eigenvalue weighted by Crippen LogP contribution is 2.36. The minimum atomic E-state index is -4.02. The third-order valence-corrected chi connectivity index (χ3v) is 6.75. The molecule has 0 aliphatic heterocycles. The summed E-state index contributed by atoms with van der Waals surface area (Å²) in [7, 11) is -1.10. The van der Waals surface area contributed by atoms with Crippen LogP contribution < -0.4 is 19.9 Å². The summed E-state index contributed by atoms with van der Waals surface area (Å²) in [6.45, 7) is 4.57. The van der Waals surface area contributed by atoms with E-state index in [9.17, 15) is 8.42 Å². The molecule has 0 bridgehead atoms. The average Bonchev–Trinajstić information content (AvgIpc) is 3.41. The number of hydrogen-bond acceptors (Lipinski definition) is 8. The molecule has 34 heavy (non-hydrogen) atoms. The third-order valence-electron chi connectivity index (χ3n) is 5.39. The number of ether oxygens (including phenoxy) is 2. The van der Waals surface area contributed by atoms with Gasteiger partial charge in [-0.15, -0.1) is 12.4 Å². The highest BCUT2D eigenvalue weighted by molar-refractivity contribution is 7.92. The number of nitrogens with one attached hydrogen (secondary N) is 1. The Labute approximate surface area is 203 Å². The van der Waals surface area contributed by atoms with E-state index in [0.717, 1.165) is 22.3 Å². The van der Waals surface area contributed by atoms with Crippen LogP contribution >= 0.6 is 12.4 Å². The second kappa shape index (κ2) is 9.92. The quantitative estimate of drug-likeness (QED) is 0.370. The molecule has 182 valence electrons. The van der Waals surface area contributed by atoms with Gasteiger partial charge in [0.05, 0.1) is 27.0 Å². The van der Waals surface area contributed by atoms with Crippen molar-refractivity contribution in [1.82, 2.24) is 14.9 Å². The topological polar surface area (TPSA) is 134 Å². The largest absolute Gasteiger partial charge is 0.496 e. The van der Waals surface area contributed by atoms with Gasteiger partial charge in [-0.3, -0.25) is 9.40 Å². The van der Waals surface area contributed by atoms with Crippen molar-refractivity contribution >= 4 is 39.2 Å². The highest BCUT2D eigenvalue weighted by Gasteiger charge is 2.25. The number of benzene rings is 2. The van der Waals surface area contributed by atoms with Crippen molar-refractivity contribution < 1.29 is 22.4 Å². The van der Waals surface area contributed by atoms with Crippen molar-refractivity contribution in [1.29, 1.82) is 0 Å². The molecule has 0 fully saturated rings. The molecular formula is C22H26ClN5O5S. The monoisotopic (exact) mass is 507 g/mol. The van der Waals surface area contributed by atoms with Crippen LogP contribution in [0, 0.1) is 13.8 Å². The van der Waals surface area contributed by atoms with E-state index in [4.69, 9.17) is 19.7 Å². The molecule has 0 radical (unpaired) electrons. The number of nitrogens with zero attached hydrogens (tertiary/aromatic N) is 3. The zero-order valence-electron chi connectivity index (χ0n) is 19.2. The Kier molecular flexibility index (Phi) is 7.39. The van der Waals surface area contributed by atoms with Crippen LogP contribution in [-0.4, -0.2) is 37.6 Å². The zero-order chi connectivity index (χ0) is 23.8. The fourth-order valence-corrected chi connectivity index (χ4v) is 4.76. The molecule has 0 spiro atoms. The number of hydrogen-bond donors (Lipinski definition) is 2. The Hall–Kier alpha value is -3.28. The van der Waals surface area contributed by atoms with Crippen LogP contribution in [0.15, 0.2) is 46.1 Å². The van der Waals surface area contributed by atoms with Crippen LogP contribution in [0.2, 0.25) is 0 Å². The Bertz CT molecular complexity index is 1430. The summed E-state index contributed by atoms with van der Waals surface area (Å²) in [5.41, 5.74) is 9.52. The molecule has 2 aromatic heterocycles. The first kappa shape index (κ1) is 25.3. The Morgan fingerprint density at radius 1 is 1.06 bits per heavy atom. The minimum absolute atomic E-state index is 0. The molecule has 0 atom stereocenters. The standard InChI is InChI=1S/C22H25N5O5S.ClH/c1-13-5-17(30-3)20(6-14(13)2)33(28,29)26-22-21-18(31-4)7-15(8-19(21)32-25-22)11-27-12-16(9-23)10-24-27;/h5-8,10,12H,9,11,23H2,1-4H3,(H,25,26);1H. The second-order valence-corrected chi connectivity index (χ2v) is 9.30. The number of aryl methyl sites for hydroxylation is 2. The summed E-state index contributed by atoms with van der Waals surface area (Å²) in [5.74, 6) is 0.682. The smallest absolute Gasteiger partial charge is 0.266 e. The Morgan fingerprint density at radius 3 is 2.41 bits per heavy atom. The molecule has 0 saturated carbocycles. The number of methoxy groups -OCH3 is 2. The highest BCUT2D eigenvalue weighted by atomic mass is 35.5. The molecule has 4 aromatic rings. The molecule has 3 N–H and O–H groups in total. The molecule has 10 nitrogen and oxygen atoms in total. The van der Waals surface area contributed by atoms with Gasteiger partial charge in [-0.2, -0.15) is 5.10 Å². The van der Waals surface area contributed by atoms with Gasteiger partial charge >= 0.3 is 0 Å². The van der Waals surface area contributed by atoms with Crippen molar-refractivity contribution in [3.05, 3.63) is 58.9 Å². The molecule has 0 aliphatic rings. The second-order valence-electron chi connectivity index (χ2n) is 7.65. The maximum absolute atomic E-state index is 13.2. The molecule has 0 amide bonds. The van der Waals surface area contributed by atoms with Crippen molar-refractivity contribution in [2.24, 2.45) is 5.73 Å². The van der Waals surface area contributed by atoms with Gasteiger partial charge in [-0.25, -0.2) is 8.42 Å². The molecular weight excluding hydrogens is 482 g/mol. The summed E-state index contributed by atoms with van der Waals surface area (Å²) in [6, 6.07) is 6.80. The van der Waals surface area contributed by atoms with Crippen molar-refractivity contribution in [2.75, 3.05) is 18.9 Å². The van der Waals surface area contributed by atoms with Crippen molar-refractivity contribution in [3.8, 4) is 11.5 Å². The van der Waals surface area contributed by atoms with Gasteiger partial charge < -0.3 is 19.7 Å². The molecule has 4 rings (SSSR count). The van der Waals surface area contributed by atoms with Crippen LogP contribution in [0.3, 0.4) is 0 Å². The Morgan fingerprint density at radius 2 is 1.76 bits per heavy atom. The fraction of sp³-hybridized carbons (Fsp3) is 0.273. The minimum Gasteiger partial charge on any atom is -0.496 e. The molecule has 0 aliphatic carbocycles. The first-order chi connectivity index (χ1) is 15.7. The van der Waals surface area contributed by atoms with Gasteiger partial charge in [0.2, 0.25) is 0 Å². The Balaban J connectivity index is 0.00000324. The SMILES string of the molecule is COc1cc(C)c(C)cc1S(=O)(=O)Nc1noc2cc(Cn3cc(CN)cn3)cc(OC)c12.Cl. The summed E-state index contributed by atoms with van der Waals surface area (Å²) < 4.78 is 46.9. The van der Waals surface area contributed by atoms with Gasteiger partial charge in [0.15, 0.2) is 11.4 Å². The lowest BCUT2D eigenvalue weighted by Gasteiger charge is -2.13. The van der Waals surface area contributed by atoms with Crippen LogP contribution in [0.1, 0.15) is 22.3 Å². The number of nitrogens with two attached hydrogens (primary N) is 1. The lowest BCUT2D eigenvalue weighted by Crippen LogP contribution is -2.15. The number of rotatable bonds is 8. The normalized spacial score (nSPS) is 11.3. The van der Waals surface area contributed by atoms with Crippen molar-refractivity contribution in [3.63, 3.8) is 0 Å². The number of fused-ring (bicyclic) bond motifs is 1. The number of halogens is 1. The van der Waals surface area contributed by atoms with E-state index >= 15 is 0 Å². The molecule has 2 heterocycles. The molecule has 0 unspecified atom stereocenters. The van der Waals surface area contributed by atoms with E-state index in [2.05, 4.69) is 15.0 Å². The number of anilines is 1. The maximum Gasteiger partial charge on any atom is 0.266 e. The lowest BCUT2D eigenvalue weighted by molar-refractivity contribution is 0.402. The van der Waals surface area contributed by atoms with E-state index in [1.807, 2.05) is 20.0 Å². The van der Waals surface area contributed by atoms with Gasteiger partial charge in [0.25, 0.3) is 10.0 Å². The molecule has 0 saturated heterocycles. The maximum atomic E-state index is 13.2. The van der Waals surface area contributed by atoms with Gasteiger partial charge in [0, 0.05) is 18.3 Å².